The number of hydrogen-bond donors (Lipinski definition) is 5. The van der Waals surface area contributed by atoms with Gasteiger partial charge < -0.3 is 35.8 Å². The molecule has 4 amide bonds. The lowest BCUT2D eigenvalue weighted by Gasteiger charge is -2.22. The summed E-state index contributed by atoms with van der Waals surface area (Å²) in [6.07, 6.45) is 0.0557. The fraction of sp³-hybridized carbons (Fsp3) is 0.333. The second kappa shape index (κ2) is 14.9. The van der Waals surface area contributed by atoms with Gasteiger partial charge in [0.05, 0.1) is 12.5 Å². The Labute approximate surface area is 256 Å². The molecule has 1 heterocycles. The van der Waals surface area contributed by atoms with Gasteiger partial charge in [-0.15, -0.1) is 0 Å². The van der Waals surface area contributed by atoms with Crippen molar-refractivity contribution in [2.75, 3.05) is 17.4 Å². The van der Waals surface area contributed by atoms with Crippen molar-refractivity contribution in [3.05, 3.63) is 83.4 Å². The summed E-state index contributed by atoms with van der Waals surface area (Å²) in [6.45, 7) is 6.17. The third kappa shape index (κ3) is 9.22. The fourth-order valence-corrected chi connectivity index (χ4v) is 4.92. The van der Waals surface area contributed by atoms with Gasteiger partial charge in [-0.05, 0) is 66.3 Å². The van der Waals surface area contributed by atoms with Crippen molar-refractivity contribution in [3.8, 4) is 11.5 Å². The Bertz CT molecular complexity index is 1490. The molecule has 1 aliphatic heterocycles. The molecule has 0 bridgehead atoms. The topological polar surface area (TPSA) is 155 Å². The molecule has 0 saturated heterocycles. The smallest absolute Gasteiger partial charge is 0.323 e. The number of aliphatic carboxylic acids is 1. The first-order valence-corrected chi connectivity index (χ1v) is 14.5. The number of anilines is 2. The number of carboxylic acids is 1. The van der Waals surface area contributed by atoms with E-state index < -0.39 is 23.8 Å². The summed E-state index contributed by atoms with van der Waals surface area (Å²) in [6, 6.07) is 18.4. The third-order valence-corrected chi connectivity index (χ3v) is 7.14. The molecule has 1 aliphatic rings. The molecule has 11 heteroatoms. The van der Waals surface area contributed by atoms with Crippen molar-refractivity contribution >= 4 is 35.2 Å². The lowest BCUT2D eigenvalue weighted by molar-refractivity contribution is -0.138. The molecule has 2 unspecified atom stereocenters. The first-order chi connectivity index (χ1) is 21.1. The predicted molar refractivity (Wildman–Crippen MR) is 165 cm³/mol. The number of benzene rings is 3. The fourth-order valence-electron chi connectivity index (χ4n) is 4.92. The second-order valence-corrected chi connectivity index (χ2v) is 11.2. The van der Waals surface area contributed by atoms with Gasteiger partial charge in [-0.25, -0.2) is 4.79 Å². The lowest BCUT2D eigenvalue weighted by atomic mass is 9.92. The number of aryl methyl sites for hydroxylation is 1. The SMILES string of the molecule is Cc1ccccc1NC(=O)Nc1ccc(CNC(=O)C(CC(=O)NC(CC(=O)O)c2ccc3c(c2)OCO3)CC(C)C)cc1. The van der Waals surface area contributed by atoms with E-state index in [-0.39, 0.29) is 44.0 Å². The zero-order valence-corrected chi connectivity index (χ0v) is 25.0. The van der Waals surface area contributed by atoms with E-state index >= 15 is 0 Å². The summed E-state index contributed by atoms with van der Waals surface area (Å²) in [5.74, 6) is -1.18. The minimum atomic E-state index is -1.07. The van der Waals surface area contributed by atoms with E-state index in [1.165, 1.54) is 0 Å². The lowest BCUT2D eigenvalue weighted by Crippen LogP contribution is -2.37. The van der Waals surface area contributed by atoms with Crippen LogP contribution in [-0.4, -0.2) is 35.7 Å². The number of nitrogens with one attached hydrogen (secondary N) is 4. The molecule has 5 N–H and O–H groups in total. The van der Waals surface area contributed by atoms with Crippen LogP contribution in [0.15, 0.2) is 66.7 Å². The minimum absolute atomic E-state index is 0.0768. The number of carbonyl (C=O) groups is 4. The zero-order chi connectivity index (χ0) is 31.6. The van der Waals surface area contributed by atoms with Crippen LogP contribution in [0.1, 0.15) is 55.8 Å². The van der Waals surface area contributed by atoms with Crippen LogP contribution in [0, 0.1) is 18.8 Å². The highest BCUT2D eigenvalue weighted by molar-refractivity contribution is 6.00. The molecule has 0 fully saturated rings. The van der Waals surface area contributed by atoms with E-state index in [1.807, 2.05) is 45.0 Å². The van der Waals surface area contributed by atoms with E-state index in [4.69, 9.17) is 9.47 Å². The average molecular weight is 603 g/mol. The van der Waals surface area contributed by atoms with Gasteiger partial charge in [-0.1, -0.05) is 50.2 Å². The van der Waals surface area contributed by atoms with Gasteiger partial charge in [-0.3, -0.25) is 14.4 Å². The van der Waals surface area contributed by atoms with Gasteiger partial charge in [0.1, 0.15) is 0 Å². The van der Waals surface area contributed by atoms with E-state index in [0.717, 1.165) is 16.8 Å². The van der Waals surface area contributed by atoms with Crippen molar-refractivity contribution in [1.82, 2.24) is 10.6 Å². The molecule has 2 atom stereocenters. The van der Waals surface area contributed by atoms with E-state index in [9.17, 15) is 24.3 Å². The van der Waals surface area contributed by atoms with Crippen LogP contribution in [0.25, 0.3) is 0 Å². The van der Waals surface area contributed by atoms with Gasteiger partial charge in [0, 0.05) is 30.3 Å². The second-order valence-electron chi connectivity index (χ2n) is 11.2. The van der Waals surface area contributed by atoms with Crippen molar-refractivity contribution < 1.29 is 33.8 Å². The molecule has 44 heavy (non-hydrogen) atoms. The number of ether oxygens (including phenoxy) is 2. The minimum Gasteiger partial charge on any atom is -0.481 e. The van der Waals surface area contributed by atoms with E-state index in [0.29, 0.717) is 29.2 Å². The Morgan fingerprint density at radius 1 is 0.886 bits per heavy atom. The van der Waals surface area contributed by atoms with Crippen LogP contribution in [0.4, 0.5) is 16.2 Å². The molecule has 0 aliphatic carbocycles. The van der Waals surface area contributed by atoms with Gasteiger partial charge in [-0.2, -0.15) is 0 Å². The molecule has 232 valence electrons. The Balaban J connectivity index is 1.32. The van der Waals surface area contributed by atoms with E-state index in [2.05, 4.69) is 21.3 Å². The highest BCUT2D eigenvalue weighted by atomic mass is 16.7. The molecule has 11 nitrogen and oxygen atoms in total. The predicted octanol–water partition coefficient (Wildman–Crippen LogP) is 5.37. The molecule has 3 aromatic carbocycles. The number of hydrogen-bond acceptors (Lipinski definition) is 6. The van der Waals surface area contributed by atoms with Crippen molar-refractivity contribution in [2.24, 2.45) is 11.8 Å². The first kappa shape index (κ1) is 31.9. The van der Waals surface area contributed by atoms with Gasteiger partial charge in [0.25, 0.3) is 0 Å². The normalized spacial score (nSPS) is 13.1. The molecular formula is C33H38N4O7. The molecule has 0 saturated carbocycles. The van der Waals surface area contributed by atoms with Crippen LogP contribution in [0.2, 0.25) is 0 Å². The number of amides is 4. The number of rotatable bonds is 13. The van der Waals surface area contributed by atoms with Gasteiger partial charge >= 0.3 is 12.0 Å². The maximum absolute atomic E-state index is 13.2. The van der Waals surface area contributed by atoms with Gasteiger partial charge in [0.15, 0.2) is 11.5 Å². The number of carboxylic acid groups (broad SMARTS) is 1. The van der Waals surface area contributed by atoms with Crippen molar-refractivity contribution in [1.29, 1.82) is 0 Å². The van der Waals surface area contributed by atoms with Crippen LogP contribution < -0.4 is 30.7 Å². The number of para-hydroxylation sites is 1. The molecule has 0 spiro atoms. The number of urea groups is 1. The maximum Gasteiger partial charge on any atom is 0.323 e. The number of carbonyl (C=O) groups excluding carboxylic acids is 3. The highest BCUT2D eigenvalue weighted by Crippen LogP contribution is 2.35. The average Bonchev–Trinajstić information content (AvgIpc) is 3.45. The van der Waals surface area contributed by atoms with Gasteiger partial charge in [0.2, 0.25) is 18.6 Å². The zero-order valence-electron chi connectivity index (χ0n) is 25.0. The molecule has 3 aromatic rings. The Morgan fingerprint density at radius 2 is 1.61 bits per heavy atom. The summed E-state index contributed by atoms with van der Waals surface area (Å²) in [5.41, 5.74) is 3.66. The number of fused-ring (bicyclic) bond motifs is 1. The summed E-state index contributed by atoms with van der Waals surface area (Å²) in [4.78, 5) is 50.2. The van der Waals surface area contributed by atoms with Crippen LogP contribution in [0.5, 0.6) is 11.5 Å². The highest BCUT2D eigenvalue weighted by Gasteiger charge is 2.26. The largest absolute Gasteiger partial charge is 0.481 e. The Kier molecular flexibility index (Phi) is 10.8. The first-order valence-electron chi connectivity index (χ1n) is 14.5. The van der Waals surface area contributed by atoms with Crippen LogP contribution in [0.3, 0.4) is 0 Å². The molecule has 0 radical (unpaired) electrons. The van der Waals surface area contributed by atoms with Crippen LogP contribution >= 0.6 is 0 Å². The summed E-state index contributed by atoms with van der Waals surface area (Å²) >= 11 is 0. The van der Waals surface area contributed by atoms with Crippen molar-refractivity contribution in [2.45, 2.75) is 52.6 Å². The Hall–Kier alpha value is -5.06. The maximum atomic E-state index is 13.2. The summed E-state index contributed by atoms with van der Waals surface area (Å²) in [5, 5.41) is 20.8. The molecule has 0 aromatic heterocycles. The summed E-state index contributed by atoms with van der Waals surface area (Å²) < 4.78 is 10.7. The van der Waals surface area contributed by atoms with Crippen molar-refractivity contribution in [3.63, 3.8) is 0 Å². The molecule has 4 rings (SSSR count). The summed E-state index contributed by atoms with van der Waals surface area (Å²) in [7, 11) is 0. The quantitative estimate of drug-likeness (QED) is 0.176. The standard InChI is InChI=1S/C33H38N4O7/c1-20(2)14-24(16-30(38)36-27(17-31(39)40)23-10-13-28-29(15-23)44-19-43-28)32(41)34-18-22-8-11-25(12-9-22)35-33(42)37-26-7-5-4-6-21(26)3/h4-13,15,20,24,27H,14,16-19H2,1-3H3,(H,34,41)(H,36,38)(H,39,40)(H2,35,37,42). The molecular weight excluding hydrogens is 564 g/mol. The third-order valence-electron chi connectivity index (χ3n) is 7.14. The monoisotopic (exact) mass is 602 g/mol. The van der Waals surface area contributed by atoms with Crippen LogP contribution in [-0.2, 0) is 20.9 Å². The Morgan fingerprint density at radius 3 is 2.32 bits per heavy atom. The van der Waals surface area contributed by atoms with E-state index in [1.54, 1.807) is 42.5 Å².